The van der Waals surface area contributed by atoms with Crippen molar-refractivity contribution in [2.75, 3.05) is 0 Å². The van der Waals surface area contributed by atoms with Gasteiger partial charge in [0.1, 0.15) is 5.69 Å². The normalized spacial score (nSPS) is 10.3. The van der Waals surface area contributed by atoms with Gasteiger partial charge < -0.3 is 9.72 Å². The van der Waals surface area contributed by atoms with Crippen molar-refractivity contribution >= 4 is 5.97 Å². The zero-order valence-corrected chi connectivity index (χ0v) is 6.80. The molecule has 0 amide bonds. The van der Waals surface area contributed by atoms with Crippen LogP contribution in [-0.2, 0) is 4.74 Å². The Morgan fingerprint density at radius 1 is 1.75 bits per heavy atom. The van der Waals surface area contributed by atoms with Crippen molar-refractivity contribution in [3.05, 3.63) is 18.0 Å². The van der Waals surface area contributed by atoms with Crippen LogP contribution in [0.15, 0.2) is 6.20 Å². The van der Waals surface area contributed by atoms with Crippen LogP contribution in [-0.4, -0.2) is 22.0 Å². The molecule has 5 heteroatoms. The first-order valence-corrected chi connectivity index (χ1v) is 3.51. The highest BCUT2D eigenvalue weighted by Gasteiger charge is 2.11. The molecule has 0 fully saturated rings. The quantitative estimate of drug-likeness (QED) is 0.680. The van der Waals surface area contributed by atoms with Crippen LogP contribution in [0.25, 0.3) is 0 Å². The topological polar surface area (TPSA) is 55.0 Å². The molecule has 0 aliphatic heterocycles. The lowest BCUT2D eigenvalue weighted by molar-refractivity contribution is 0.0370. The van der Waals surface area contributed by atoms with E-state index in [4.69, 9.17) is 4.74 Å². The van der Waals surface area contributed by atoms with Gasteiger partial charge in [0, 0.05) is 0 Å². The SMILES string of the molecule is CC(C)OC(=O)c1cnc(F)[nH]1. The number of carbonyl (C=O) groups is 1. The van der Waals surface area contributed by atoms with Crippen LogP contribution in [0.5, 0.6) is 0 Å². The van der Waals surface area contributed by atoms with Crippen LogP contribution in [0.1, 0.15) is 24.3 Å². The Morgan fingerprint density at radius 3 is 2.83 bits per heavy atom. The molecule has 0 aliphatic carbocycles. The van der Waals surface area contributed by atoms with E-state index < -0.39 is 12.0 Å². The highest BCUT2D eigenvalue weighted by atomic mass is 19.1. The second-order valence-corrected chi connectivity index (χ2v) is 2.54. The number of aromatic amines is 1. The van der Waals surface area contributed by atoms with Crippen molar-refractivity contribution in [1.29, 1.82) is 0 Å². The third-order valence-corrected chi connectivity index (χ3v) is 1.11. The van der Waals surface area contributed by atoms with Gasteiger partial charge in [-0.15, -0.1) is 0 Å². The molecule has 4 nitrogen and oxygen atoms in total. The van der Waals surface area contributed by atoms with E-state index in [1.165, 1.54) is 0 Å². The molecule has 12 heavy (non-hydrogen) atoms. The van der Waals surface area contributed by atoms with Crippen molar-refractivity contribution in [3.8, 4) is 0 Å². The molecule has 0 unspecified atom stereocenters. The fourth-order valence-corrected chi connectivity index (χ4v) is 0.678. The number of imidazole rings is 1. The Bertz CT molecular complexity index is 283. The Balaban J connectivity index is 2.65. The number of hydrogen-bond donors (Lipinski definition) is 1. The summed E-state index contributed by atoms with van der Waals surface area (Å²) in [4.78, 5) is 16.4. The average molecular weight is 172 g/mol. The smallest absolute Gasteiger partial charge is 0.356 e. The van der Waals surface area contributed by atoms with E-state index in [1.54, 1.807) is 13.8 Å². The number of H-pyrrole nitrogens is 1. The van der Waals surface area contributed by atoms with E-state index in [-0.39, 0.29) is 11.8 Å². The van der Waals surface area contributed by atoms with E-state index >= 15 is 0 Å². The van der Waals surface area contributed by atoms with Crippen molar-refractivity contribution in [1.82, 2.24) is 9.97 Å². The maximum Gasteiger partial charge on any atom is 0.356 e. The summed E-state index contributed by atoms with van der Waals surface area (Å²) in [5.41, 5.74) is 0.0289. The fourth-order valence-electron chi connectivity index (χ4n) is 0.678. The van der Waals surface area contributed by atoms with E-state index in [1.807, 2.05) is 0 Å². The minimum atomic E-state index is -0.786. The average Bonchev–Trinajstić information content (AvgIpc) is 2.34. The Kier molecular flexibility index (Phi) is 2.42. The number of aromatic nitrogens is 2. The largest absolute Gasteiger partial charge is 0.458 e. The van der Waals surface area contributed by atoms with E-state index in [0.717, 1.165) is 6.20 Å². The van der Waals surface area contributed by atoms with Gasteiger partial charge in [-0.2, -0.15) is 4.39 Å². The number of nitrogens with zero attached hydrogens (tertiary/aromatic N) is 1. The van der Waals surface area contributed by atoms with Crippen molar-refractivity contribution < 1.29 is 13.9 Å². The van der Waals surface area contributed by atoms with Gasteiger partial charge in [-0.1, -0.05) is 0 Å². The summed E-state index contributed by atoms with van der Waals surface area (Å²) in [6, 6.07) is 0. The lowest BCUT2D eigenvalue weighted by Gasteiger charge is -2.04. The first kappa shape index (κ1) is 8.70. The zero-order valence-electron chi connectivity index (χ0n) is 6.80. The van der Waals surface area contributed by atoms with Gasteiger partial charge in [-0.05, 0) is 13.8 Å². The molecule has 1 aromatic rings. The van der Waals surface area contributed by atoms with Crippen LogP contribution in [0.3, 0.4) is 0 Å². The summed E-state index contributed by atoms with van der Waals surface area (Å²) in [5.74, 6) is -0.596. The highest BCUT2D eigenvalue weighted by molar-refractivity contribution is 5.86. The second-order valence-electron chi connectivity index (χ2n) is 2.54. The van der Waals surface area contributed by atoms with Gasteiger partial charge in [0.15, 0.2) is 0 Å². The molecule has 0 aliphatic rings. The second kappa shape index (κ2) is 3.34. The summed E-state index contributed by atoms with van der Waals surface area (Å²) in [6.45, 7) is 3.43. The lowest BCUT2D eigenvalue weighted by Crippen LogP contribution is -2.11. The summed E-state index contributed by atoms with van der Waals surface area (Å²) in [5, 5.41) is 0. The molecule has 1 aromatic heterocycles. The van der Waals surface area contributed by atoms with E-state index in [0.29, 0.717) is 0 Å². The van der Waals surface area contributed by atoms with E-state index in [9.17, 15) is 9.18 Å². The molecule has 1 N–H and O–H groups in total. The zero-order chi connectivity index (χ0) is 9.14. The molecular formula is C7H9FN2O2. The minimum Gasteiger partial charge on any atom is -0.458 e. The predicted molar refractivity (Wildman–Crippen MR) is 39.1 cm³/mol. The Labute approximate surface area is 68.8 Å². The summed E-state index contributed by atoms with van der Waals surface area (Å²) in [7, 11) is 0. The molecule has 1 rings (SSSR count). The molecule has 0 atom stereocenters. The van der Waals surface area contributed by atoms with E-state index in [2.05, 4.69) is 9.97 Å². The molecule has 0 saturated carbocycles. The highest BCUT2D eigenvalue weighted by Crippen LogP contribution is 2.00. The maximum absolute atomic E-state index is 12.3. The molecular weight excluding hydrogens is 163 g/mol. The number of carbonyl (C=O) groups excluding carboxylic acids is 1. The monoisotopic (exact) mass is 172 g/mol. The Hall–Kier alpha value is -1.39. The molecule has 1 heterocycles. The first-order chi connectivity index (χ1) is 5.59. The third-order valence-electron chi connectivity index (χ3n) is 1.11. The number of nitrogens with one attached hydrogen (secondary N) is 1. The number of rotatable bonds is 2. The summed E-state index contributed by atoms with van der Waals surface area (Å²) >= 11 is 0. The van der Waals surface area contributed by atoms with Crippen molar-refractivity contribution in [2.45, 2.75) is 20.0 Å². The minimum absolute atomic E-state index is 0.0289. The Morgan fingerprint density at radius 2 is 2.42 bits per heavy atom. The van der Waals surface area contributed by atoms with Crippen LogP contribution in [0.4, 0.5) is 4.39 Å². The molecule has 0 radical (unpaired) electrons. The number of ether oxygens (including phenoxy) is 1. The van der Waals surface area contributed by atoms with Gasteiger partial charge >= 0.3 is 5.97 Å². The van der Waals surface area contributed by atoms with Crippen molar-refractivity contribution in [2.24, 2.45) is 0 Å². The number of hydrogen-bond acceptors (Lipinski definition) is 3. The van der Waals surface area contributed by atoms with Gasteiger partial charge in [0.25, 0.3) is 6.08 Å². The van der Waals surface area contributed by atoms with Gasteiger partial charge in [-0.3, -0.25) is 0 Å². The third kappa shape index (κ3) is 2.05. The molecule has 0 saturated heterocycles. The van der Waals surface area contributed by atoms with Crippen LogP contribution in [0.2, 0.25) is 0 Å². The number of halogens is 1. The van der Waals surface area contributed by atoms with Crippen LogP contribution >= 0.6 is 0 Å². The van der Waals surface area contributed by atoms with Crippen molar-refractivity contribution in [3.63, 3.8) is 0 Å². The molecule has 0 aromatic carbocycles. The maximum atomic E-state index is 12.3. The van der Waals surface area contributed by atoms with Gasteiger partial charge in [-0.25, -0.2) is 9.78 Å². The number of esters is 1. The van der Waals surface area contributed by atoms with Crippen LogP contribution < -0.4 is 0 Å². The molecule has 0 bridgehead atoms. The van der Waals surface area contributed by atoms with Crippen LogP contribution in [0, 0.1) is 6.08 Å². The van der Waals surface area contributed by atoms with Gasteiger partial charge in [0.2, 0.25) is 0 Å². The fraction of sp³-hybridized carbons (Fsp3) is 0.429. The predicted octanol–water partition coefficient (Wildman–Crippen LogP) is 1.11. The summed E-state index contributed by atoms with van der Waals surface area (Å²) in [6.07, 6.45) is 0.0922. The first-order valence-electron chi connectivity index (χ1n) is 3.51. The standard InChI is InChI=1S/C7H9FN2O2/c1-4(2)12-6(11)5-3-9-7(8)10-5/h3-4H,1-2H3,(H,9,10). The van der Waals surface area contributed by atoms with Gasteiger partial charge in [0.05, 0.1) is 12.3 Å². The molecule has 0 spiro atoms. The summed E-state index contributed by atoms with van der Waals surface area (Å²) < 4.78 is 17.0. The lowest BCUT2D eigenvalue weighted by atomic mass is 10.4. The molecule has 66 valence electrons.